The topological polar surface area (TPSA) is 58.6 Å². The third kappa shape index (κ3) is 7.71. The summed E-state index contributed by atoms with van der Waals surface area (Å²) >= 11 is 0. The van der Waals surface area contributed by atoms with Crippen LogP contribution in [0.3, 0.4) is 0 Å². The lowest BCUT2D eigenvalue weighted by atomic mass is 10.0. The van der Waals surface area contributed by atoms with E-state index in [1.807, 2.05) is 92.7 Å². The molecule has 3 aromatic rings. The minimum Gasteiger partial charge on any atom is -0.484 e. The number of benzene rings is 3. The Hall–Kier alpha value is -3.60. The summed E-state index contributed by atoms with van der Waals surface area (Å²) < 4.78 is 5.86. The van der Waals surface area contributed by atoms with Crippen LogP contribution in [0.5, 0.6) is 5.75 Å². The lowest BCUT2D eigenvalue weighted by molar-refractivity contribution is -0.142. The van der Waals surface area contributed by atoms with E-state index >= 15 is 0 Å². The zero-order valence-corrected chi connectivity index (χ0v) is 21.2. The lowest BCUT2D eigenvalue weighted by Crippen LogP contribution is -2.51. The van der Waals surface area contributed by atoms with Crippen LogP contribution in [0, 0.1) is 6.92 Å². The summed E-state index contributed by atoms with van der Waals surface area (Å²) in [5, 5.41) is 2.91. The molecular weight excluding hydrogens is 436 g/mol. The molecule has 3 rings (SSSR count). The SMILES string of the molecule is CCNC(=O)C(Cc1ccccc1)N(Cc1ccc(C)cc1)C(=O)COc1ccc(C(C)C)cc1. The van der Waals surface area contributed by atoms with E-state index in [-0.39, 0.29) is 18.4 Å². The number of likely N-dealkylation sites (N-methyl/N-ethyl adjacent to an activating group) is 1. The van der Waals surface area contributed by atoms with Crippen molar-refractivity contribution in [3.63, 3.8) is 0 Å². The van der Waals surface area contributed by atoms with Gasteiger partial charge in [0.2, 0.25) is 5.91 Å². The van der Waals surface area contributed by atoms with E-state index in [2.05, 4.69) is 19.2 Å². The predicted octanol–water partition coefficient (Wildman–Crippen LogP) is 5.27. The number of hydrogen-bond donors (Lipinski definition) is 1. The molecule has 0 heterocycles. The highest BCUT2D eigenvalue weighted by Gasteiger charge is 2.30. The molecule has 0 bridgehead atoms. The van der Waals surface area contributed by atoms with Crippen molar-refractivity contribution in [2.75, 3.05) is 13.2 Å². The van der Waals surface area contributed by atoms with Crippen molar-refractivity contribution in [2.45, 2.75) is 52.6 Å². The van der Waals surface area contributed by atoms with Gasteiger partial charge in [0, 0.05) is 19.5 Å². The molecule has 3 aromatic carbocycles. The number of rotatable bonds is 11. The van der Waals surface area contributed by atoms with E-state index in [9.17, 15) is 9.59 Å². The Morgan fingerprint density at radius 2 is 1.54 bits per heavy atom. The summed E-state index contributed by atoms with van der Waals surface area (Å²) in [6.45, 7) is 8.86. The standard InChI is InChI=1S/C30H36N2O3/c1-5-31-30(34)28(19-24-9-7-6-8-10-24)32(20-25-13-11-23(4)12-14-25)29(33)21-35-27-17-15-26(16-18-27)22(2)3/h6-18,22,28H,5,19-21H2,1-4H3,(H,31,34). The summed E-state index contributed by atoms with van der Waals surface area (Å²) in [4.78, 5) is 28.3. The van der Waals surface area contributed by atoms with Gasteiger partial charge < -0.3 is 15.0 Å². The van der Waals surface area contributed by atoms with Gasteiger partial charge in [0.1, 0.15) is 11.8 Å². The number of ether oxygens (including phenoxy) is 1. The molecule has 0 fully saturated rings. The number of carbonyl (C=O) groups excluding carboxylic acids is 2. The fourth-order valence-corrected chi connectivity index (χ4v) is 3.91. The van der Waals surface area contributed by atoms with Gasteiger partial charge in [-0.05, 0) is 48.6 Å². The van der Waals surface area contributed by atoms with Gasteiger partial charge in [-0.25, -0.2) is 0 Å². The van der Waals surface area contributed by atoms with Gasteiger partial charge in [0.05, 0.1) is 0 Å². The summed E-state index contributed by atoms with van der Waals surface area (Å²) in [7, 11) is 0. The van der Waals surface area contributed by atoms with E-state index in [4.69, 9.17) is 4.74 Å². The van der Waals surface area contributed by atoms with Crippen LogP contribution in [0.25, 0.3) is 0 Å². The second-order valence-corrected chi connectivity index (χ2v) is 9.12. The largest absolute Gasteiger partial charge is 0.484 e. The van der Waals surface area contributed by atoms with Crippen molar-refractivity contribution in [1.29, 1.82) is 0 Å². The average Bonchev–Trinajstić information content (AvgIpc) is 2.86. The number of nitrogens with one attached hydrogen (secondary N) is 1. The van der Waals surface area contributed by atoms with Crippen LogP contribution < -0.4 is 10.1 Å². The zero-order chi connectivity index (χ0) is 25.2. The third-order valence-electron chi connectivity index (χ3n) is 6.00. The van der Waals surface area contributed by atoms with Gasteiger partial charge in [-0.1, -0.05) is 86.1 Å². The molecule has 0 radical (unpaired) electrons. The molecule has 0 aromatic heterocycles. The predicted molar refractivity (Wildman–Crippen MR) is 140 cm³/mol. The van der Waals surface area contributed by atoms with Crippen LogP contribution in [-0.2, 0) is 22.6 Å². The van der Waals surface area contributed by atoms with Gasteiger partial charge in [-0.15, -0.1) is 0 Å². The molecule has 0 aliphatic rings. The highest BCUT2D eigenvalue weighted by atomic mass is 16.5. The molecule has 0 saturated heterocycles. The molecule has 0 aliphatic carbocycles. The summed E-state index contributed by atoms with van der Waals surface area (Å²) in [5.74, 6) is 0.658. The second kappa shape index (κ2) is 12.7. The van der Waals surface area contributed by atoms with Crippen LogP contribution in [0.4, 0.5) is 0 Å². The van der Waals surface area contributed by atoms with E-state index in [1.54, 1.807) is 4.90 Å². The fourth-order valence-electron chi connectivity index (χ4n) is 3.91. The second-order valence-electron chi connectivity index (χ2n) is 9.12. The van der Waals surface area contributed by atoms with Crippen molar-refractivity contribution in [2.24, 2.45) is 0 Å². The number of carbonyl (C=O) groups is 2. The monoisotopic (exact) mass is 472 g/mol. The zero-order valence-electron chi connectivity index (χ0n) is 21.2. The average molecular weight is 473 g/mol. The van der Waals surface area contributed by atoms with Crippen molar-refractivity contribution < 1.29 is 14.3 Å². The molecule has 5 nitrogen and oxygen atoms in total. The highest BCUT2D eigenvalue weighted by Crippen LogP contribution is 2.20. The van der Waals surface area contributed by atoms with Crippen molar-refractivity contribution in [1.82, 2.24) is 10.2 Å². The first-order valence-electron chi connectivity index (χ1n) is 12.3. The van der Waals surface area contributed by atoms with Crippen molar-refractivity contribution in [3.8, 4) is 5.75 Å². The van der Waals surface area contributed by atoms with E-state index in [1.165, 1.54) is 5.56 Å². The van der Waals surface area contributed by atoms with Crippen molar-refractivity contribution in [3.05, 3.63) is 101 Å². The molecule has 1 unspecified atom stereocenters. The van der Waals surface area contributed by atoms with Crippen LogP contribution in [-0.4, -0.2) is 35.9 Å². The lowest BCUT2D eigenvalue weighted by Gasteiger charge is -2.31. The summed E-state index contributed by atoms with van der Waals surface area (Å²) in [6.07, 6.45) is 0.424. The summed E-state index contributed by atoms with van der Waals surface area (Å²) in [6, 6.07) is 25.0. The fraction of sp³-hybridized carbons (Fsp3) is 0.333. The maximum Gasteiger partial charge on any atom is 0.261 e. The molecule has 5 heteroatoms. The molecular formula is C30H36N2O3. The van der Waals surface area contributed by atoms with Crippen molar-refractivity contribution >= 4 is 11.8 Å². The maximum atomic E-state index is 13.5. The third-order valence-corrected chi connectivity index (χ3v) is 6.00. The number of aryl methyl sites for hydroxylation is 1. The number of amides is 2. The Bertz CT molecular complexity index is 1080. The molecule has 1 N–H and O–H groups in total. The Kier molecular flexibility index (Phi) is 9.47. The molecule has 0 spiro atoms. The van der Waals surface area contributed by atoms with Gasteiger partial charge in [-0.3, -0.25) is 9.59 Å². The molecule has 184 valence electrons. The Labute approximate surface area is 209 Å². The van der Waals surface area contributed by atoms with Crippen LogP contribution in [0.15, 0.2) is 78.9 Å². The van der Waals surface area contributed by atoms with Crippen LogP contribution in [0.2, 0.25) is 0 Å². The molecule has 2 amide bonds. The minimum atomic E-state index is -0.655. The normalized spacial score (nSPS) is 11.7. The Morgan fingerprint density at radius 3 is 2.14 bits per heavy atom. The van der Waals surface area contributed by atoms with Gasteiger partial charge in [-0.2, -0.15) is 0 Å². The number of hydrogen-bond acceptors (Lipinski definition) is 3. The maximum absolute atomic E-state index is 13.5. The van der Waals surface area contributed by atoms with Gasteiger partial charge in [0.15, 0.2) is 6.61 Å². The summed E-state index contributed by atoms with van der Waals surface area (Å²) in [5.41, 5.74) is 4.32. The Balaban J connectivity index is 1.85. The Morgan fingerprint density at radius 1 is 0.886 bits per heavy atom. The quantitative estimate of drug-likeness (QED) is 0.413. The number of nitrogens with zero attached hydrogens (tertiary/aromatic N) is 1. The van der Waals surface area contributed by atoms with E-state index < -0.39 is 6.04 Å². The molecule has 0 aliphatic heterocycles. The van der Waals surface area contributed by atoms with E-state index in [0.717, 1.165) is 16.7 Å². The molecule has 0 saturated carbocycles. The van der Waals surface area contributed by atoms with E-state index in [0.29, 0.717) is 31.2 Å². The minimum absolute atomic E-state index is 0.141. The van der Waals surface area contributed by atoms with Gasteiger partial charge >= 0.3 is 0 Å². The first kappa shape index (κ1) is 26.0. The molecule has 35 heavy (non-hydrogen) atoms. The first-order valence-corrected chi connectivity index (χ1v) is 12.3. The molecule has 1 atom stereocenters. The van der Waals surface area contributed by atoms with Crippen LogP contribution in [0.1, 0.15) is 48.9 Å². The van der Waals surface area contributed by atoms with Gasteiger partial charge in [0.25, 0.3) is 5.91 Å². The first-order chi connectivity index (χ1) is 16.9. The smallest absolute Gasteiger partial charge is 0.261 e. The van der Waals surface area contributed by atoms with Crippen LogP contribution >= 0.6 is 0 Å². The highest BCUT2D eigenvalue weighted by molar-refractivity contribution is 5.88.